The number of unbranched alkanes of at least 4 members (excludes halogenated alkanes) is 1. The zero-order chi connectivity index (χ0) is 19.3. The van der Waals surface area contributed by atoms with Crippen LogP contribution >= 0.6 is 0 Å². The Kier molecular flexibility index (Phi) is 6.29. The molecule has 0 bridgehead atoms. The molecule has 2 aromatic rings. The lowest BCUT2D eigenvalue weighted by molar-refractivity contribution is -0.139. The lowest BCUT2D eigenvalue weighted by atomic mass is 10.1. The molecule has 1 aromatic carbocycles. The van der Waals surface area contributed by atoms with Crippen LogP contribution in [0.5, 0.6) is 0 Å². The Morgan fingerprint density at radius 3 is 2.58 bits per heavy atom. The molecule has 6 heteroatoms. The third-order valence-corrected chi connectivity index (χ3v) is 4.04. The second-order valence-electron chi connectivity index (χ2n) is 7.46. The van der Waals surface area contributed by atoms with E-state index in [-0.39, 0.29) is 6.42 Å². The molecule has 26 heavy (non-hydrogen) atoms. The minimum atomic E-state index is -1.08. The number of nitrogens with one attached hydrogen (secondary N) is 1. The average Bonchev–Trinajstić information content (AvgIpc) is 2.88. The number of carboxylic acids is 1. The van der Waals surface area contributed by atoms with Gasteiger partial charge in [0.2, 0.25) is 0 Å². The topological polar surface area (TPSA) is 80.6 Å². The van der Waals surface area contributed by atoms with Crippen molar-refractivity contribution in [2.24, 2.45) is 0 Å². The minimum Gasteiger partial charge on any atom is -0.480 e. The van der Waals surface area contributed by atoms with Gasteiger partial charge in [0, 0.05) is 30.1 Å². The fraction of sp³-hybridized carbons (Fsp3) is 0.500. The molecular weight excluding hydrogens is 332 g/mol. The van der Waals surface area contributed by atoms with E-state index in [2.05, 4.69) is 16.8 Å². The Morgan fingerprint density at radius 2 is 1.96 bits per heavy atom. The maximum atomic E-state index is 12.0. The number of aromatic nitrogens is 1. The number of alkyl carbamates (subject to hydrolysis) is 1. The Labute approximate surface area is 154 Å². The van der Waals surface area contributed by atoms with Crippen LogP contribution in [0.25, 0.3) is 10.9 Å². The molecule has 1 unspecified atom stereocenters. The highest BCUT2D eigenvalue weighted by atomic mass is 16.6. The highest BCUT2D eigenvalue weighted by molar-refractivity contribution is 5.86. The summed E-state index contributed by atoms with van der Waals surface area (Å²) in [6.45, 7) is 8.24. The summed E-state index contributed by atoms with van der Waals surface area (Å²) < 4.78 is 7.34. The van der Waals surface area contributed by atoms with Gasteiger partial charge in [0.05, 0.1) is 0 Å². The van der Waals surface area contributed by atoms with E-state index in [0.717, 1.165) is 35.9 Å². The molecule has 1 amide bonds. The fourth-order valence-corrected chi connectivity index (χ4v) is 2.87. The number of hydrogen-bond donors (Lipinski definition) is 2. The maximum Gasteiger partial charge on any atom is 0.408 e. The lowest BCUT2D eigenvalue weighted by Crippen LogP contribution is -2.44. The number of fused-ring (bicyclic) bond motifs is 1. The first-order chi connectivity index (χ1) is 12.2. The molecule has 0 spiro atoms. The van der Waals surface area contributed by atoms with Crippen molar-refractivity contribution in [1.82, 2.24) is 9.88 Å². The highest BCUT2D eigenvalue weighted by Crippen LogP contribution is 2.23. The SMILES string of the molecule is CCCCn1cc(CC(NC(=O)OC(C)(C)C)C(=O)O)c2ccccc21. The minimum absolute atomic E-state index is 0.203. The monoisotopic (exact) mass is 360 g/mol. The summed E-state index contributed by atoms with van der Waals surface area (Å²) in [6, 6.07) is 6.88. The third kappa shape index (κ3) is 5.25. The fourth-order valence-electron chi connectivity index (χ4n) is 2.87. The number of benzene rings is 1. The number of amides is 1. The number of ether oxygens (including phenoxy) is 1. The number of aryl methyl sites for hydroxylation is 1. The second kappa shape index (κ2) is 8.25. The summed E-state index contributed by atoms with van der Waals surface area (Å²) in [7, 11) is 0. The van der Waals surface area contributed by atoms with Gasteiger partial charge in [-0.15, -0.1) is 0 Å². The van der Waals surface area contributed by atoms with Crippen LogP contribution in [0.1, 0.15) is 46.1 Å². The first-order valence-corrected chi connectivity index (χ1v) is 9.00. The molecule has 0 saturated carbocycles. The quantitative estimate of drug-likeness (QED) is 0.783. The van der Waals surface area contributed by atoms with Gasteiger partial charge in [-0.1, -0.05) is 31.5 Å². The van der Waals surface area contributed by atoms with Crippen molar-refractivity contribution < 1.29 is 19.4 Å². The number of para-hydroxylation sites is 1. The normalized spacial score (nSPS) is 12.8. The molecule has 0 fully saturated rings. The molecule has 0 saturated heterocycles. The van der Waals surface area contributed by atoms with E-state index >= 15 is 0 Å². The molecule has 0 aliphatic heterocycles. The summed E-state index contributed by atoms with van der Waals surface area (Å²) in [5, 5.41) is 13.0. The van der Waals surface area contributed by atoms with E-state index in [0.29, 0.717) is 0 Å². The molecule has 1 heterocycles. The Bertz CT molecular complexity index is 774. The summed E-state index contributed by atoms with van der Waals surface area (Å²) in [5.41, 5.74) is 1.31. The second-order valence-corrected chi connectivity index (χ2v) is 7.46. The lowest BCUT2D eigenvalue weighted by Gasteiger charge is -2.22. The molecule has 0 aliphatic rings. The molecule has 1 atom stereocenters. The van der Waals surface area contributed by atoms with Crippen LogP contribution in [0.15, 0.2) is 30.5 Å². The van der Waals surface area contributed by atoms with Crippen molar-refractivity contribution in [3.05, 3.63) is 36.0 Å². The number of nitrogens with zero attached hydrogens (tertiary/aromatic N) is 1. The molecule has 6 nitrogen and oxygen atoms in total. The Morgan fingerprint density at radius 1 is 1.27 bits per heavy atom. The third-order valence-electron chi connectivity index (χ3n) is 4.04. The maximum absolute atomic E-state index is 12.0. The van der Waals surface area contributed by atoms with Gasteiger partial charge in [0.15, 0.2) is 0 Å². The summed E-state index contributed by atoms with van der Waals surface area (Å²) in [5.74, 6) is -1.08. The average molecular weight is 360 g/mol. The van der Waals surface area contributed by atoms with Gasteiger partial charge in [0.1, 0.15) is 11.6 Å². The number of carbonyl (C=O) groups excluding carboxylic acids is 1. The number of carbonyl (C=O) groups is 2. The van der Waals surface area contributed by atoms with Crippen LogP contribution in [0.2, 0.25) is 0 Å². The van der Waals surface area contributed by atoms with Crippen LogP contribution in [0, 0.1) is 0 Å². The van der Waals surface area contributed by atoms with Crippen molar-refractivity contribution in [2.45, 2.75) is 65.1 Å². The first kappa shape index (κ1) is 19.8. The molecule has 142 valence electrons. The van der Waals surface area contributed by atoms with Crippen molar-refractivity contribution in [2.75, 3.05) is 0 Å². The predicted octanol–water partition coefficient (Wildman–Crippen LogP) is 3.96. The van der Waals surface area contributed by atoms with E-state index in [4.69, 9.17) is 4.74 Å². The summed E-state index contributed by atoms with van der Waals surface area (Å²) in [6.07, 6.45) is 3.61. The highest BCUT2D eigenvalue weighted by Gasteiger charge is 2.25. The smallest absolute Gasteiger partial charge is 0.408 e. The summed E-state index contributed by atoms with van der Waals surface area (Å²) in [4.78, 5) is 23.6. The standard InChI is InChI=1S/C20H28N2O4/c1-5-6-11-22-13-14(15-9-7-8-10-17(15)22)12-16(18(23)24)21-19(25)26-20(2,3)4/h7-10,13,16H,5-6,11-12H2,1-4H3,(H,21,25)(H,23,24). The van der Waals surface area contributed by atoms with Gasteiger partial charge in [-0.2, -0.15) is 0 Å². The van der Waals surface area contributed by atoms with Crippen molar-refractivity contribution in [3.63, 3.8) is 0 Å². The zero-order valence-electron chi connectivity index (χ0n) is 15.9. The first-order valence-electron chi connectivity index (χ1n) is 9.00. The Balaban J connectivity index is 2.23. The van der Waals surface area contributed by atoms with Crippen molar-refractivity contribution in [3.8, 4) is 0 Å². The number of aliphatic carboxylic acids is 1. The van der Waals surface area contributed by atoms with E-state index in [1.807, 2.05) is 30.5 Å². The van der Waals surface area contributed by atoms with Gasteiger partial charge < -0.3 is 19.7 Å². The summed E-state index contributed by atoms with van der Waals surface area (Å²) >= 11 is 0. The van der Waals surface area contributed by atoms with E-state index in [9.17, 15) is 14.7 Å². The molecule has 1 aromatic heterocycles. The van der Waals surface area contributed by atoms with Gasteiger partial charge in [-0.25, -0.2) is 9.59 Å². The van der Waals surface area contributed by atoms with Crippen LogP contribution in [0.4, 0.5) is 4.79 Å². The van der Waals surface area contributed by atoms with Crippen LogP contribution in [0.3, 0.4) is 0 Å². The van der Waals surface area contributed by atoms with Crippen molar-refractivity contribution >= 4 is 23.0 Å². The van der Waals surface area contributed by atoms with E-state index in [1.165, 1.54) is 0 Å². The molecule has 0 radical (unpaired) electrons. The van der Waals surface area contributed by atoms with Gasteiger partial charge in [-0.3, -0.25) is 0 Å². The van der Waals surface area contributed by atoms with Crippen LogP contribution in [-0.2, 0) is 22.5 Å². The van der Waals surface area contributed by atoms with Crippen molar-refractivity contribution in [1.29, 1.82) is 0 Å². The van der Waals surface area contributed by atoms with Gasteiger partial charge >= 0.3 is 12.1 Å². The molecule has 0 aliphatic carbocycles. The van der Waals surface area contributed by atoms with Gasteiger partial charge in [-0.05, 0) is 38.8 Å². The van der Waals surface area contributed by atoms with Gasteiger partial charge in [0.25, 0.3) is 0 Å². The van der Waals surface area contributed by atoms with Crippen LogP contribution in [-0.4, -0.2) is 33.4 Å². The molecule has 2 N–H and O–H groups in total. The zero-order valence-corrected chi connectivity index (χ0v) is 15.9. The van der Waals surface area contributed by atoms with E-state index in [1.54, 1.807) is 20.8 Å². The number of hydrogen-bond acceptors (Lipinski definition) is 3. The van der Waals surface area contributed by atoms with E-state index < -0.39 is 23.7 Å². The molecule has 2 rings (SSSR count). The number of rotatable bonds is 7. The molecular formula is C20H28N2O4. The Hall–Kier alpha value is -2.50. The number of carboxylic acid groups (broad SMARTS) is 1. The largest absolute Gasteiger partial charge is 0.480 e. The van der Waals surface area contributed by atoms with Crippen LogP contribution < -0.4 is 5.32 Å². The predicted molar refractivity (Wildman–Crippen MR) is 101 cm³/mol.